The first-order valence-electron chi connectivity index (χ1n) is 7.80. The Labute approximate surface area is 128 Å². The SMILES string of the molecule is COCCCCN1C(=O)C(C(C)(C)C)NC(=O)C1C(C)C. The van der Waals surface area contributed by atoms with E-state index < -0.39 is 6.04 Å². The van der Waals surface area contributed by atoms with Crippen molar-refractivity contribution < 1.29 is 14.3 Å². The summed E-state index contributed by atoms with van der Waals surface area (Å²) >= 11 is 0. The number of hydrogen-bond acceptors (Lipinski definition) is 3. The van der Waals surface area contributed by atoms with Gasteiger partial charge < -0.3 is 15.0 Å². The number of piperazine rings is 1. The summed E-state index contributed by atoms with van der Waals surface area (Å²) in [6.07, 6.45) is 1.75. The second kappa shape index (κ2) is 7.25. The zero-order valence-electron chi connectivity index (χ0n) is 14.2. The van der Waals surface area contributed by atoms with E-state index in [0.717, 1.165) is 12.8 Å². The van der Waals surface area contributed by atoms with Crippen LogP contribution in [0.4, 0.5) is 0 Å². The van der Waals surface area contributed by atoms with Gasteiger partial charge in [-0.1, -0.05) is 34.6 Å². The highest BCUT2D eigenvalue weighted by atomic mass is 16.5. The van der Waals surface area contributed by atoms with Crippen LogP contribution >= 0.6 is 0 Å². The molecular weight excluding hydrogens is 268 g/mol. The van der Waals surface area contributed by atoms with Crippen LogP contribution in [0.3, 0.4) is 0 Å². The topological polar surface area (TPSA) is 58.6 Å². The van der Waals surface area contributed by atoms with E-state index in [4.69, 9.17) is 4.74 Å². The highest BCUT2D eigenvalue weighted by Gasteiger charge is 2.45. The molecule has 1 saturated heterocycles. The molecular formula is C16H30N2O3. The summed E-state index contributed by atoms with van der Waals surface area (Å²) in [5.41, 5.74) is -0.278. The average molecular weight is 298 g/mol. The molecule has 0 aromatic carbocycles. The Morgan fingerprint density at radius 3 is 2.33 bits per heavy atom. The van der Waals surface area contributed by atoms with E-state index >= 15 is 0 Å². The van der Waals surface area contributed by atoms with E-state index in [2.05, 4.69) is 5.32 Å². The van der Waals surface area contributed by atoms with Crippen LogP contribution in [-0.2, 0) is 14.3 Å². The van der Waals surface area contributed by atoms with E-state index in [1.807, 2.05) is 34.6 Å². The van der Waals surface area contributed by atoms with Gasteiger partial charge in [-0.05, 0) is 24.2 Å². The number of nitrogens with zero attached hydrogens (tertiary/aromatic N) is 1. The fourth-order valence-corrected chi connectivity index (χ4v) is 2.76. The highest BCUT2D eigenvalue weighted by Crippen LogP contribution is 2.27. The maximum absolute atomic E-state index is 12.8. The van der Waals surface area contributed by atoms with Crippen molar-refractivity contribution in [2.45, 2.75) is 59.5 Å². The van der Waals surface area contributed by atoms with Crippen LogP contribution in [-0.4, -0.2) is 49.1 Å². The number of nitrogens with one attached hydrogen (secondary N) is 1. The quantitative estimate of drug-likeness (QED) is 0.761. The molecule has 122 valence electrons. The number of amides is 2. The molecule has 2 unspecified atom stereocenters. The van der Waals surface area contributed by atoms with E-state index in [1.165, 1.54) is 0 Å². The molecule has 5 nitrogen and oxygen atoms in total. The van der Waals surface area contributed by atoms with Gasteiger partial charge in [0.15, 0.2) is 0 Å². The Bertz CT molecular complexity index is 374. The lowest BCUT2D eigenvalue weighted by molar-refractivity contribution is -0.154. The van der Waals surface area contributed by atoms with Gasteiger partial charge in [-0.25, -0.2) is 0 Å². The van der Waals surface area contributed by atoms with Crippen molar-refractivity contribution in [3.63, 3.8) is 0 Å². The number of carbonyl (C=O) groups is 2. The summed E-state index contributed by atoms with van der Waals surface area (Å²) < 4.78 is 5.05. The van der Waals surface area contributed by atoms with E-state index in [0.29, 0.717) is 13.2 Å². The van der Waals surface area contributed by atoms with Gasteiger partial charge in [-0.2, -0.15) is 0 Å². The van der Waals surface area contributed by atoms with Gasteiger partial charge in [0, 0.05) is 20.3 Å². The van der Waals surface area contributed by atoms with E-state index in [9.17, 15) is 9.59 Å². The molecule has 2 atom stereocenters. The lowest BCUT2D eigenvalue weighted by Crippen LogP contribution is -2.67. The van der Waals surface area contributed by atoms with E-state index in [1.54, 1.807) is 12.0 Å². The van der Waals surface area contributed by atoms with Gasteiger partial charge >= 0.3 is 0 Å². The highest BCUT2D eigenvalue weighted by molar-refractivity contribution is 5.97. The molecule has 21 heavy (non-hydrogen) atoms. The molecule has 1 fully saturated rings. The minimum atomic E-state index is -0.442. The summed E-state index contributed by atoms with van der Waals surface area (Å²) in [6, 6.07) is -0.805. The first kappa shape index (κ1) is 18.0. The number of hydrogen-bond donors (Lipinski definition) is 1. The van der Waals surface area contributed by atoms with E-state index in [-0.39, 0.29) is 29.2 Å². The number of carbonyl (C=O) groups excluding carboxylic acids is 2. The van der Waals surface area contributed by atoms with Crippen molar-refractivity contribution in [1.29, 1.82) is 0 Å². The summed E-state index contributed by atoms with van der Waals surface area (Å²) in [4.78, 5) is 27.0. The van der Waals surface area contributed by atoms with Gasteiger partial charge in [-0.3, -0.25) is 9.59 Å². The zero-order valence-corrected chi connectivity index (χ0v) is 14.2. The van der Waals surface area contributed by atoms with Crippen LogP contribution in [0.5, 0.6) is 0 Å². The summed E-state index contributed by atoms with van der Waals surface area (Å²) in [6.45, 7) is 11.2. The van der Waals surface area contributed by atoms with Crippen molar-refractivity contribution in [2.24, 2.45) is 11.3 Å². The van der Waals surface area contributed by atoms with Crippen LogP contribution in [0.1, 0.15) is 47.5 Å². The van der Waals surface area contributed by atoms with Crippen LogP contribution in [0.2, 0.25) is 0 Å². The summed E-state index contributed by atoms with van der Waals surface area (Å²) in [5.74, 6) is 0.117. The molecule has 0 aliphatic carbocycles. The average Bonchev–Trinajstić information content (AvgIpc) is 2.36. The molecule has 0 spiro atoms. The third kappa shape index (κ3) is 4.43. The Morgan fingerprint density at radius 2 is 1.86 bits per heavy atom. The summed E-state index contributed by atoms with van der Waals surface area (Å²) in [5, 5.41) is 2.91. The van der Waals surface area contributed by atoms with Gasteiger partial charge in [-0.15, -0.1) is 0 Å². The predicted molar refractivity (Wildman–Crippen MR) is 82.8 cm³/mol. The van der Waals surface area contributed by atoms with Crippen molar-refractivity contribution in [3.8, 4) is 0 Å². The molecule has 1 aliphatic rings. The normalized spacial score (nSPS) is 23.7. The van der Waals surface area contributed by atoms with Crippen LogP contribution in [0, 0.1) is 11.3 Å². The van der Waals surface area contributed by atoms with Gasteiger partial charge in [0.05, 0.1) is 0 Å². The molecule has 5 heteroatoms. The number of methoxy groups -OCH3 is 1. The fourth-order valence-electron chi connectivity index (χ4n) is 2.76. The predicted octanol–water partition coefficient (Wildman–Crippen LogP) is 1.81. The molecule has 1 heterocycles. The van der Waals surface area contributed by atoms with Crippen molar-refractivity contribution in [1.82, 2.24) is 10.2 Å². The molecule has 0 aromatic rings. The molecule has 1 N–H and O–H groups in total. The molecule has 2 amide bonds. The number of rotatable bonds is 6. The lowest BCUT2D eigenvalue weighted by atomic mass is 9.82. The second-order valence-electron chi connectivity index (χ2n) is 7.23. The molecule has 0 aromatic heterocycles. The maximum Gasteiger partial charge on any atom is 0.246 e. The maximum atomic E-state index is 12.8. The first-order valence-corrected chi connectivity index (χ1v) is 7.80. The standard InChI is InChI=1S/C16H30N2O3/c1-11(2)12-14(19)17-13(16(3,4)5)15(20)18(12)9-7-8-10-21-6/h11-13H,7-10H2,1-6H3,(H,17,19). The number of ether oxygens (including phenoxy) is 1. The monoisotopic (exact) mass is 298 g/mol. The fraction of sp³-hybridized carbons (Fsp3) is 0.875. The molecule has 0 radical (unpaired) electrons. The largest absolute Gasteiger partial charge is 0.385 e. The molecule has 0 bridgehead atoms. The lowest BCUT2D eigenvalue weighted by Gasteiger charge is -2.44. The molecule has 1 aliphatic heterocycles. The van der Waals surface area contributed by atoms with Crippen LogP contribution in [0.25, 0.3) is 0 Å². The van der Waals surface area contributed by atoms with Crippen molar-refractivity contribution in [2.75, 3.05) is 20.3 Å². The Balaban J connectivity index is 2.88. The number of unbranched alkanes of at least 4 members (excludes halogenated alkanes) is 1. The van der Waals surface area contributed by atoms with Crippen molar-refractivity contribution >= 4 is 11.8 Å². The third-order valence-corrected chi connectivity index (χ3v) is 3.92. The molecule has 0 saturated carbocycles. The van der Waals surface area contributed by atoms with Gasteiger partial charge in [0.1, 0.15) is 12.1 Å². The Kier molecular flexibility index (Phi) is 6.20. The second-order valence-corrected chi connectivity index (χ2v) is 7.23. The van der Waals surface area contributed by atoms with Crippen LogP contribution in [0.15, 0.2) is 0 Å². The Morgan fingerprint density at radius 1 is 1.24 bits per heavy atom. The smallest absolute Gasteiger partial charge is 0.246 e. The third-order valence-electron chi connectivity index (χ3n) is 3.92. The minimum absolute atomic E-state index is 0.0312. The first-order chi connectivity index (χ1) is 9.70. The summed E-state index contributed by atoms with van der Waals surface area (Å²) in [7, 11) is 1.67. The van der Waals surface area contributed by atoms with Gasteiger partial charge in [0.25, 0.3) is 0 Å². The van der Waals surface area contributed by atoms with Crippen LogP contribution < -0.4 is 5.32 Å². The van der Waals surface area contributed by atoms with Crippen molar-refractivity contribution in [3.05, 3.63) is 0 Å². The minimum Gasteiger partial charge on any atom is -0.385 e. The van der Waals surface area contributed by atoms with Gasteiger partial charge in [0.2, 0.25) is 11.8 Å². The zero-order chi connectivity index (χ0) is 16.2. The molecule has 1 rings (SSSR count). The Hall–Kier alpha value is -1.10.